The zero-order valence-electron chi connectivity index (χ0n) is 26.9. The summed E-state index contributed by atoms with van der Waals surface area (Å²) in [5.74, 6) is -1.05. The summed E-state index contributed by atoms with van der Waals surface area (Å²) in [6.07, 6.45) is 3.07. The fraction of sp³-hybridized carbons (Fsp3) is 0.417. The predicted molar refractivity (Wildman–Crippen MR) is 184 cm³/mol. The van der Waals surface area contributed by atoms with Gasteiger partial charge in [-0.1, -0.05) is 41.9 Å². The van der Waals surface area contributed by atoms with Crippen LogP contribution in [-0.4, -0.2) is 85.6 Å². The highest BCUT2D eigenvalue weighted by Gasteiger charge is 2.33. The van der Waals surface area contributed by atoms with Gasteiger partial charge < -0.3 is 19.8 Å². The van der Waals surface area contributed by atoms with E-state index in [1.807, 2.05) is 30.0 Å². The number of amides is 2. The Labute approximate surface area is 282 Å². The lowest BCUT2D eigenvalue weighted by Gasteiger charge is -2.35. The molecule has 0 saturated carbocycles. The van der Waals surface area contributed by atoms with Gasteiger partial charge in [-0.2, -0.15) is 0 Å². The second kappa shape index (κ2) is 15.0. The van der Waals surface area contributed by atoms with Crippen molar-refractivity contribution >= 4 is 44.9 Å². The average molecular weight is 680 g/mol. The molecular weight excluding hydrogens is 638 g/mol. The number of piperidine rings is 2. The minimum absolute atomic E-state index is 0.0367. The molecule has 0 unspecified atom stereocenters. The molecule has 5 rings (SSSR count). The smallest absolute Gasteiger partial charge is 0.335 e. The van der Waals surface area contributed by atoms with E-state index in [-0.39, 0.29) is 23.3 Å². The number of hydrogen-bond donors (Lipinski definition) is 1. The number of nitrogens with zero attached hydrogens (tertiary/aromatic N) is 3. The lowest BCUT2D eigenvalue weighted by atomic mass is 9.94. The van der Waals surface area contributed by atoms with Crippen molar-refractivity contribution in [3.8, 4) is 11.1 Å². The maximum atomic E-state index is 13.8. The van der Waals surface area contributed by atoms with Crippen molar-refractivity contribution in [3.05, 3.63) is 82.9 Å². The number of benzene rings is 3. The van der Waals surface area contributed by atoms with Crippen LogP contribution >= 0.6 is 11.6 Å². The number of aryl methyl sites for hydroxylation is 1. The van der Waals surface area contributed by atoms with Crippen LogP contribution in [0.2, 0.25) is 5.02 Å². The zero-order chi connectivity index (χ0) is 33.7. The van der Waals surface area contributed by atoms with Crippen molar-refractivity contribution in [1.29, 1.82) is 0 Å². The van der Waals surface area contributed by atoms with E-state index < -0.39 is 21.1 Å². The normalized spacial score (nSPS) is 16.6. The number of rotatable bonds is 10. The van der Waals surface area contributed by atoms with Crippen molar-refractivity contribution in [2.24, 2.45) is 5.92 Å². The van der Waals surface area contributed by atoms with Crippen LogP contribution in [0.25, 0.3) is 11.1 Å². The van der Waals surface area contributed by atoms with Crippen molar-refractivity contribution in [1.82, 2.24) is 9.80 Å². The van der Waals surface area contributed by atoms with Gasteiger partial charge >= 0.3 is 5.97 Å². The molecule has 0 aliphatic carbocycles. The van der Waals surface area contributed by atoms with Crippen LogP contribution in [0, 0.1) is 12.8 Å². The third-order valence-corrected chi connectivity index (χ3v) is 12.2. The van der Waals surface area contributed by atoms with Gasteiger partial charge in [0.25, 0.3) is 0 Å². The van der Waals surface area contributed by atoms with Crippen LogP contribution in [0.4, 0.5) is 5.69 Å². The molecule has 3 aromatic rings. The van der Waals surface area contributed by atoms with Crippen molar-refractivity contribution in [2.75, 3.05) is 44.2 Å². The summed E-state index contributed by atoms with van der Waals surface area (Å²) in [5, 5.41) is 9.27. The summed E-state index contributed by atoms with van der Waals surface area (Å²) in [5.41, 5.74) is 3.55. The number of aromatic carboxylic acids is 1. The third kappa shape index (κ3) is 8.23. The molecule has 47 heavy (non-hydrogen) atoms. The summed E-state index contributed by atoms with van der Waals surface area (Å²) >= 11 is 6.45. The lowest BCUT2D eigenvalue weighted by molar-refractivity contribution is -0.133. The summed E-state index contributed by atoms with van der Waals surface area (Å²) < 4.78 is 27.0. The van der Waals surface area contributed by atoms with Crippen LogP contribution in [0.15, 0.2) is 71.6 Å². The number of halogens is 1. The van der Waals surface area contributed by atoms with Gasteiger partial charge in [0.2, 0.25) is 11.8 Å². The minimum Gasteiger partial charge on any atom is -0.478 e. The Balaban J connectivity index is 1.16. The Morgan fingerprint density at radius 3 is 2.02 bits per heavy atom. The Kier molecular flexibility index (Phi) is 11.0. The van der Waals surface area contributed by atoms with Crippen molar-refractivity contribution < 1.29 is 27.9 Å². The molecule has 2 amide bonds. The fourth-order valence-electron chi connectivity index (χ4n) is 6.51. The summed E-state index contributed by atoms with van der Waals surface area (Å²) in [6, 6.07) is 19.0. The molecule has 11 heteroatoms. The van der Waals surface area contributed by atoms with Crippen LogP contribution in [0.1, 0.15) is 54.9 Å². The second-order valence-corrected chi connectivity index (χ2v) is 15.2. The van der Waals surface area contributed by atoms with E-state index in [1.165, 1.54) is 12.1 Å². The first-order chi connectivity index (χ1) is 22.4. The molecule has 2 aliphatic heterocycles. The quantitative estimate of drug-likeness (QED) is 0.282. The molecule has 0 atom stereocenters. The van der Waals surface area contributed by atoms with Crippen LogP contribution in [0.5, 0.6) is 0 Å². The Bertz CT molecular complexity index is 1700. The molecule has 250 valence electrons. The SMILES string of the molecule is CC(=O)N1CCC(C(=O)N(CCCN2CCC(S(=O)(=O)c3ccc(-c4ccc(C(=O)O)cc4)cc3)CC2)c2ccc(C)c(Cl)c2)CC1. The van der Waals surface area contributed by atoms with Crippen LogP contribution in [-0.2, 0) is 19.4 Å². The predicted octanol–water partition coefficient (Wildman–Crippen LogP) is 5.93. The fourth-order valence-corrected chi connectivity index (χ4v) is 8.41. The lowest BCUT2D eigenvalue weighted by Crippen LogP contribution is -2.45. The Morgan fingerprint density at radius 2 is 1.47 bits per heavy atom. The molecule has 0 spiro atoms. The molecular formula is C36H42ClN3O6S. The molecule has 0 bridgehead atoms. The number of carboxylic acid groups (broad SMARTS) is 1. The number of carbonyl (C=O) groups excluding carboxylic acids is 2. The molecule has 2 saturated heterocycles. The van der Waals surface area contributed by atoms with E-state index in [0.717, 1.165) is 35.3 Å². The van der Waals surface area contributed by atoms with E-state index in [9.17, 15) is 22.8 Å². The molecule has 2 aliphatic rings. The highest BCUT2D eigenvalue weighted by molar-refractivity contribution is 7.92. The zero-order valence-corrected chi connectivity index (χ0v) is 28.5. The van der Waals surface area contributed by atoms with E-state index in [1.54, 1.807) is 48.2 Å². The van der Waals surface area contributed by atoms with Crippen LogP contribution < -0.4 is 4.90 Å². The molecule has 0 aromatic heterocycles. The summed E-state index contributed by atoms with van der Waals surface area (Å²) in [7, 11) is -3.51. The second-order valence-electron chi connectivity index (χ2n) is 12.6. The first-order valence-corrected chi connectivity index (χ1v) is 18.1. The van der Waals surface area contributed by atoms with Gasteiger partial charge in [0.15, 0.2) is 9.84 Å². The molecule has 3 aromatic carbocycles. The van der Waals surface area contributed by atoms with Gasteiger partial charge in [-0.3, -0.25) is 9.59 Å². The number of likely N-dealkylation sites (tertiary alicyclic amines) is 2. The van der Waals surface area contributed by atoms with Gasteiger partial charge in [0.1, 0.15) is 0 Å². The topological polar surface area (TPSA) is 115 Å². The van der Waals surface area contributed by atoms with E-state index in [2.05, 4.69) is 4.90 Å². The van der Waals surface area contributed by atoms with E-state index >= 15 is 0 Å². The maximum absolute atomic E-state index is 13.8. The number of carboxylic acids is 1. The van der Waals surface area contributed by atoms with E-state index in [4.69, 9.17) is 16.7 Å². The first-order valence-electron chi connectivity index (χ1n) is 16.2. The summed E-state index contributed by atoms with van der Waals surface area (Å²) in [6.45, 7) is 7.24. The van der Waals surface area contributed by atoms with Gasteiger partial charge in [0, 0.05) is 43.2 Å². The number of sulfone groups is 1. The van der Waals surface area contributed by atoms with Crippen molar-refractivity contribution in [2.45, 2.75) is 56.1 Å². The molecule has 2 fully saturated rings. The standard InChI is InChI=1S/C36H42ClN3O6S/c1-25-4-11-31(24-34(25)37)40(35(42)29-14-22-39(23-15-29)26(2)41)19-3-18-38-20-16-33(17-21-38)47(45,46)32-12-9-28(10-13-32)27-5-7-30(8-6-27)36(43)44/h4-13,24,29,33H,3,14-23H2,1-2H3,(H,43,44). The third-order valence-electron chi connectivity index (χ3n) is 9.50. The number of anilines is 1. The van der Waals surface area contributed by atoms with Gasteiger partial charge in [-0.25, -0.2) is 13.2 Å². The molecule has 9 nitrogen and oxygen atoms in total. The highest BCUT2D eigenvalue weighted by Crippen LogP contribution is 2.30. The Morgan fingerprint density at radius 1 is 0.872 bits per heavy atom. The largest absolute Gasteiger partial charge is 0.478 e. The maximum Gasteiger partial charge on any atom is 0.335 e. The Hall–Kier alpha value is -3.73. The molecule has 0 radical (unpaired) electrons. The van der Waals surface area contributed by atoms with Gasteiger partial charge in [-0.05, 0) is 112 Å². The monoisotopic (exact) mass is 679 g/mol. The number of hydrogen-bond acceptors (Lipinski definition) is 6. The first kappa shape index (κ1) is 34.6. The minimum atomic E-state index is -3.51. The average Bonchev–Trinajstić information content (AvgIpc) is 3.08. The molecule has 1 N–H and O–H groups in total. The number of carbonyl (C=O) groups is 3. The van der Waals surface area contributed by atoms with Gasteiger partial charge in [-0.15, -0.1) is 0 Å². The summed E-state index contributed by atoms with van der Waals surface area (Å²) in [4.78, 5) is 42.9. The van der Waals surface area contributed by atoms with Gasteiger partial charge in [0.05, 0.1) is 15.7 Å². The highest BCUT2D eigenvalue weighted by atomic mass is 35.5. The van der Waals surface area contributed by atoms with Crippen molar-refractivity contribution in [3.63, 3.8) is 0 Å². The van der Waals surface area contributed by atoms with Crippen LogP contribution in [0.3, 0.4) is 0 Å². The molecule has 2 heterocycles. The van der Waals surface area contributed by atoms with E-state index in [0.29, 0.717) is 68.3 Å².